The Hall–Kier alpha value is -0.650. The molecule has 2 aliphatic heterocycles. The molecule has 0 radical (unpaired) electrons. The summed E-state index contributed by atoms with van der Waals surface area (Å²) in [5.74, 6) is -0.903. The topological polar surface area (TPSA) is 59.0 Å². The predicted octanol–water partition coefficient (Wildman–Crippen LogP) is 0.731. The molecule has 17 heavy (non-hydrogen) atoms. The fourth-order valence-corrected chi connectivity index (χ4v) is 2.60. The van der Waals surface area contributed by atoms with E-state index in [0.717, 1.165) is 32.7 Å². The van der Waals surface area contributed by atoms with Crippen LogP contribution in [0.4, 0.5) is 0 Å². The first-order valence-corrected chi connectivity index (χ1v) is 6.27. The quantitative estimate of drug-likeness (QED) is 0.771. The molecule has 2 heterocycles. The lowest BCUT2D eigenvalue weighted by Crippen LogP contribution is -2.63. The molecule has 5 nitrogen and oxygen atoms in total. The molecule has 1 atom stereocenters. The van der Waals surface area contributed by atoms with E-state index in [4.69, 9.17) is 14.6 Å². The van der Waals surface area contributed by atoms with Gasteiger partial charge in [0.25, 0.3) is 0 Å². The highest BCUT2D eigenvalue weighted by atomic mass is 16.5. The second-order valence-corrected chi connectivity index (χ2v) is 5.29. The van der Waals surface area contributed by atoms with Crippen molar-refractivity contribution in [2.24, 2.45) is 0 Å². The van der Waals surface area contributed by atoms with Gasteiger partial charge in [0.05, 0.1) is 11.7 Å². The highest BCUT2D eigenvalue weighted by Gasteiger charge is 2.40. The molecular formula is C12H21NO4. The van der Waals surface area contributed by atoms with Gasteiger partial charge in [-0.2, -0.15) is 0 Å². The minimum atomic E-state index is -0.903. The summed E-state index contributed by atoms with van der Waals surface area (Å²) in [6, 6.07) is 0. The molecule has 1 N–H and O–H groups in total. The zero-order valence-electron chi connectivity index (χ0n) is 10.4. The van der Waals surface area contributed by atoms with Crippen molar-refractivity contribution in [3.05, 3.63) is 0 Å². The van der Waals surface area contributed by atoms with Crippen molar-refractivity contribution >= 4 is 5.97 Å². The Morgan fingerprint density at radius 3 is 2.88 bits per heavy atom. The number of hydrogen-bond donors (Lipinski definition) is 1. The molecule has 0 amide bonds. The van der Waals surface area contributed by atoms with Crippen LogP contribution in [0.3, 0.4) is 0 Å². The van der Waals surface area contributed by atoms with Crippen LogP contribution in [0, 0.1) is 0 Å². The Bertz CT molecular complexity index is 270. The second kappa shape index (κ2) is 5.33. The molecule has 0 aromatic carbocycles. The van der Waals surface area contributed by atoms with E-state index in [-0.39, 0.29) is 12.2 Å². The van der Waals surface area contributed by atoms with E-state index in [1.165, 1.54) is 12.8 Å². The summed E-state index contributed by atoms with van der Waals surface area (Å²) in [6.07, 6.45) is 3.93. The maximum absolute atomic E-state index is 10.4. The molecule has 0 saturated carbocycles. The normalized spacial score (nSPS) is 28.6. The van der Waals surface area contributed by atoms with Crippen molar-refractivity contribution in [3.8, 4) is 0 Å². The fraction of sp³-hybridized carbons (Fsp3) is 0.917. The number of carbonyl (C=O) groups is 1. The maximum Gasteiger partial charge on any atom is 0.329 e. The Labute approximate surface area is 102 Å². The first-order valence-electron chi connectivity index (χ1n) is 6.27. The van der Waals surface area contributed by atoms with Gasteiger partial charge < -0.3 is 14.6 Å². The fourth-order valence-electron chi connectivity index (χ4n) is 2.60. The molecule has 1 unspecified atom stereocenters. The molecular weight excluding hydrogens is 222 g/mol. The van der Waals surface area contributed by atoms with Crippen LogP contribution in [0.5, 0.6) is 0 Å². The van der Waals surface area contributed by atoms with Gasteiger partial charge in [0.15, 0.2) is 0 Å². The van der Waals surface area contributed by atoms with Crippen LogP contribution in [-0.2, 0) is 14.3 Å². The van der Waals surface area contributed by atoms with E-state index in [1.54, 1.807) is 0 Å². The lowest BCUT2D eigenvalue weighted by molar-refractivity contribution is -0.168. The number of ether oxygens (including phenoxy) is 2. The summed E-state index contributed by atoms with van der Waals surface area (Å²) in [7, 11) is 0. The van der Waals surface area contributed by atoms with Gasteiger partial charge in [0, 0.05) is 26.2 Å². The molecule has 98 valence electrons. The van der Waals surface area contributed by atoms with Crippen LogP contribution in [0.25, 0.3) is 0 Å². The first-order chi connectivity index (χ1) is 8.07. The van der Waals surface area contributed by atoms with Gasteiger partial charge in [-0.15, -0.1) is 0 Å². The summed E-state index contributed by atoms with van der Waals surface area (Å²) in [6.45, 7) is 5.20. The summed E-state index contributed by atoms with van der Waals surface area (Å²) in [5.41, 5.74) is -0.285. The molecule has 5 heteroatoms. The monoisotopic (exact) mass is 243 g/mol. The molecule has 0 aromatic heterocycles. The maximum atomic E-state index is 10.4. The third kappa shape index (κ3) is 3.66. The third-order valence-electron chi connectivity index (χ3n) is 3.40. The van der Waals surface area contributed by atoms with Crippen molar-refractivity contribution in [2.75, 3.05) is 32.8 Å². The van der Waals surface area contributed by atoms with Crippen molar-refractivity contribution in [1.82, 2.24) is 4.90 Å². The van der Waals surface area contributed by atoms with Gasteiger partial charge in [-0.1, -0.05) is 0 Å². The Kier molecular flexibility index (Phi) is 4.01. The van der Waals surface area contributed by atoms with Crippen LogP contribution in [0.15, 0.2) is 0 Å². The number of aliphatic carboxylic acids is 1. The molecule has 0 bridgehead atoms. The molecule has 0 spiro atoms. The summed E-state index contributed by atoms with van der Waals surface area (Å²) in [4.78, 5) is 12.7. The van der Waals surface area contributed by atoms with E-state index >= 15 is 0 Å². The average molecular weight is 243 g/mol. The highest BCUT2D eigenvalue weighted by Crippen LogP contribution is 2.26. The van der Waals surface area contributed by atoms with Gasteiger partial charge in [-0.05, 0) is 26.2 Å². The second-order valence-electron chi connectivity index (χ2n) is 5.29. The average Bonchev–Trinajstić information content (AvgIpc) is 2.26. The molecule has 2 rings (SSSR count). The van der Waals surface area contributed by atoms with Gasteiger partial charge in [-0.25, -0.2) is 4.79 Å². The molecule has 0 aliphatic carbocycles. The van der Waals surface area contributed by atoms with Crippen LogP contribution in [-0.4, -0.2) is 60.5 Å². The molecule has 0 aromatic rings. The summed E-state index contributed by atoms with van der Waals surface area (Å²) < 4.78 is 11.0. The minimum Gasteiger partial charge on any atom is -0.480 e. The number of carboxylic acids is 1. The van der Waals surface area contributed by atoms with Crippen molar-refractivity contribution in [1.29, 1.82) is 0 Å². The van der Waals surface area contributed by atoms with Crippen molar-refractivity contribution in [2.45, 2.75) is 37.9 Å². The van der Waals surface area contributed by atoms with Gasteiger partial charge >= 0.3 is 5.97 Å². The Balaban J connectivity index is 1.65. The SMILES string of the molecule is CC1(OCC(=O)O)CN(CC2CCCCO2)C1. The standard InChI is InChI=1S/C12H21NO4/c1-12(17-7-11(14)15)8-13(9-12)6-10-4-2-3-5-16-10/h10H,2-9H2,1H3,(H,14,15). The lowest BCUT2D eigenvalue weighted by Gasteiger charge is -2.48. The number of likely N-dealkylation sites (tertiary alicyclic amines) is 1. The number of nitrogens with zero attached hydrogens (tertiary/aromatic N) is 1. The van der Waals surface area contributed by atoms with E-state index < -0.39 is 5.97 Å². The molecule has 2 saturated heterocycles. The van der Waals surface area contributed by atoms with Crippen molar-refractivity contribution in [3.63, 3.8) is 0 Å². The van der Waals surface area contributed by atoms with Gasteiger partial charge in [0.2, 0.25) is 0 Å². The van der Waals surface area contributed by atoms with Crippen molar-refractivity contribution < 1.29 is 19.4 Å². The summed E-state index contributed by atoms with van der Waals surface area (Å²) >= 11 is 0. The van der Waals surface area contributed by atoms with Crippen LogP contribution >= 0.6 is 0 Å². The summed E-state index contributed by atoms with van der Waals surface area (Å²) in [5, 5.41) is 8.56. The molecule has 2 fully saturated rings. The third-order valence-corrected chi connectivity index (χ3v) is 3.40. The molecule has 2 aliphatic rings. The van der Waals surface area contributed by atoms with Crippen LogP contribution in [0.2, 0.25) is 0 Å². The highest BCUT2D eigenvalue weighted by molar-refractivity contribution is 5.68. The Morgan fingerprint density at radius 1 is 1.53 bits per heavy atom. The minimum absolute atomic E-state index is 0.204. The predicted molar refractivity (Wildman–Crippen MR) is 62.0 cm³/mol. The zero-order valence-corrected chi connectivity index (χ0v) is 10.4. The van der Waals surface area contributed by atoms with Gasteiger partial charge in [-0.3, -0.25) is 4.90 Å². The Morgan fingerprint density at radius 2 is 2.29 bits per heavy atom. The number of hydrogen-bond acceptors (Lipinski definition) is 4. The van der Waals surface area contributed by atoms with Gasteiger partial charge in [0.1, 0.15) is 6.61 Å². The van der Waals surface area contributed by atoms with Crippen LogP contribution < -0.4 is 0 Å². The van der Waals surface area contributed by atoms with E-state index in [0.29, 0.717) is 6.10 Å². The van der Waals surface area contributed by atoms with E-state index in [1.807, 2.05) is 6.92 Å². The largest absolute Gasteiger partial charge is 0.480 e. The number of carboxylic acid groups (broad SMARTS) is 1. The van der Waals surface area contributed by atoms with Crippen LogP contribution in [0.1, 0.15) is 26.2 Å². The first kappa shape index (κ1) is 12.8. The number of rotatable bonds is 5. The smallest absolute Gasteiger partial charge is 0.329 e. The van der Waals surface area contributed by atoms with E-state index in [9.17, 15) is 4.79 Å². The lowest BCUT2D eigenvalue weighted by atomic mass is 9.95. The van der Waals surface area contributed by atoms with E-state index in [2.05, 4.69) is 4.90 Å². The zero-order chi connectivity index (χ0) is 12.3.